The second kappa shape index (κ2) is 6.13. The van der Waals surface area contributed by atoms with E-state index in [9.17, 15) is 9.90 Å². The Hall–Kier alpha value is -1.43. The van der Waals surface area contributed by atoms with Crippen molar-refractivity contribution in [2.24, 2.45) is 5.92 Å². The fourth-order valence-electron chi connectivity index (χ4n) is 3.65. The molecule has 0 bridgehead atoms. The number of carboxylic acid groups (broad SMARTS) is 1. The van der Waals surface area contributed by atoms with Gasteiger partial charge in [0.15, 0.2) is 0 Å². The lowest BCUT2D eigenvalue weighted by Gasteiger charge is -2.34. The SMILES string of the molecule is Cc1nnc2n1CC(C(=O)O)N(CCC1CCCCC1)C2. The largest absolute Gasteiger partial charge is 0.480 e. The first-order chi connectivity index (χ1) is 10.1. The molecule has 1 saturated carbocycles. The molecule has 0 amide bonds. The van der Waals surface area contributed by atoms with Crippen LogP contribution in [-0.4, -0.2) is 43.3 Å². The van der Waals surface area contributed by atoms with Crippen LogP contribution in [0, 0.1) is 12.8 Å². The van der Waals surface area contributed by atoms with E-state index in [2.05, 4.69) is 15.1 Å². The summed E-state index contributed by atoms with van der Waals surface area (Å²) >= 11 is 0. The van der Waals surface area contributed by atoms with Crippen molar-refractivity contribution in [3.05, 3.63) is 11.6 Å². The van der Waals surface area contributed by atoms with Crippen molar-refractivity contribution in [1.29, 1.82) is 0 Å². The second-order valence-corrected chi connectivity index (χ2v) is 6.39. The van der Waals surface area contributed by atoms with Crippen LogP contribution in [0.15, 0.2) is 0 Å². The molecule has 116 valence electrons. The number of aromatic nitrogens is 3. The number of hydrogen-bond acceptors (Lipinski definition) is 4. The van der Waals surface area contributed by atoms with Crippen LogP contribution in [0.4, 0.5) is 0 Å². The Morgan fingerprint density at radius 1 is 1.29 bits per heavy atom. The van der Waals surface area contributed by atoms with Crippen LogP contribution in [0.1, 0.15) is 50.2 Å². The molecule has 1 aliphatic carbocycles. The second-order valence-electron chi connectivity index (χ2n) is 6.39. The van der Waals surface area contributed by atoms with Crippen molar-refractivity contribution in [2.45, 2.75) is 64.6 Å². The summed E-state index contributed by atoms with van der Waals surface area (Å²) in [6, 6.07) is -0.448. The third-order valence-corrected chi connectivity index (χ3v) is 4.99. The van der Waals surface area contributed by atoms with Gasteiger partial charge in [-0.3, -0.25) is 9.69 Å². The zero-order valence-electron chi connectivity index (χ0n) is 12.7. The van der Waals surface area contributed by atoms with Gasteiger partial charge in [0.25, 0.3) is 0 Å². The number of aliphatic carboxylic acids is 1. The third-order valence-electron chi connectivity index (χ3n) is 4.99. The minimum absolute atomic E-state index is 0.448. The molecule has 1 aromatic heterocycles. The number of aryl methyl sites for hydroxylation is 1. The Bertz CT molecular complexity index is 508. The van der Waals surface area contributed by atoms with Crippen molar-refractivity contribution in [3.63, 3.8) is 0 Å². The minimum atomic E-state index is -0.739. The molecule has 6 heteroatoms. The van der Waals surface area contributed by atoms with E-state index in [1.807, 2.05) is 11.5 Å². The number of carboxylic acids is 1. The maximum Gasteiger partial charge on any atom is 0.322 e. The molecular formula is C15H24N4O2. The van der Waals surface area contributed by atoms with Gasteiger partial charge in [0.05, 0.1) is 13.1 Å². The summed E-state index contributed by atoms with van der Waals surface area (Å²) in [4.78, 5) is 13.6. The zero-order valence-corrected chi connectivity index (χ0v) is 12.7. The molecule has 1 aliphatic heterocycles. The van der Waals surface area contributed by atoms with Gasteiger partial charge in [-0.05, 0) is 25.8 Å². The third kappa shape index (κ3) is 3.10. The van der Waals surface area contributed by atoms with Crippen LogP contribution in [-0.2, 0) is 17.9 Å². The van der Waals surface area contributed by atoms with Gasteiger partial charge >= 0.3 is 5.97 Å². The van der Waals surface area contributed by atoms with E-state index < -0.39 is 12.0 Å². The standard InChI is InChI=1S/C15H24N4O2/c1-11-16-17-14-10-18(13(15(20)21)9-19(11)14)8-7-12-5-3-2-4-6-12/h12-13H,2-10H2,1H3,(H,20,21). The van der Waals surface area contributed by atoms with E-state index in [0.29, 0.717) is 13.1 Å². The predicted octanol–water partition coefficient (Wildman–Crippen LogP) is 1.83. The Labute approximate surface area is 125 Å². The smallest absolute Gasteiger partial charge is 0.322 e. The molecule has 6 nitrogen and oxygen atoms in total. The highest BCUT2D eigenvalue weighted by Crippen LogP contribution is 2.27. The van der Waals surface area contributed by atoms with Crippen molar-refractivity contribution >= 4 is 5.97 Å². The van der Waals surface area contributed by atoms with E-state index in [0.717, 1.165) is 30.5 Å². The average molecular weight is 292 g/mol. The summed E-state index contributed by atoms with van der Waals surface area (Å²) in [7, 11) is 0. The molecule has 1 aromatic rings. The molecule has 0 radical (unpaired) electrons. The van der Waals surface area contributed by atoms with Gasteiger partial charge in [-0.15, -0.1) is 10.2 Å². The first-order valence-corrected chi connectivity index (χ1v) is 8.00. The predicted molar refractivity (Wildman–Crippen MR) is 77.8 cm³/mol. The Kier molecular flexibility index (Phi) is 4.24. The monoisotopic (exact) mass is 292 g/mol. The van der Waals surface area contributed by atoms with E-state index >= 15 is 0 Å². The van der Waals surface area contributed by atoms with Gasteiger partial charge in [-0.2, -0.15) is 0 Å². The lowest BCUT2D eigenvalue weighted by molar-refractivity contribution is -0.145. The summed E-state index contributed by atoms with van der Waals surface area (Å²) in [5.74, 6) is 1.74. The molecule has 1 fully saturated rings. The maximum absolute atomic E-state index is 11.6. The number of hydrogen-bond donors (Lipinski definition) is 1. The van der Waals surface area contributed by atoms with E-state index in [1.165, 1.54) is 32.1 Å². The van der Waals surface area contributed by atoms with E-state index in [1.54, 1.807) is 0 Å². The number of rotatable bonds is 4. The lowest BCUT2D eigenvalue weighted by atomic mass is 9.87. The van der Waals surface area contributed by atoms with Crippen molar-refractivity contribution in [3.8, 4) is 0 Å². The Balaban J connectivity index is 1.66. The molecule has 0 aromatic carbocycles. The molecule has 1 atom stereocenters. The van der Waals surface area contributed by atoms with Crippen LogP contribution >= 0.6 is 0 Å². The first-order valence-electron chi connectivity index (χ1n) is 8.00. The highest BCUT2D eigenvalue weighted by atomic mass is 16.4. The fourth-order valence-corrected chi connectivity index (χ4v) is 3.65. The quantitative estimate of drug-likeness (QED) is 0.916. The highest BCUT2D eigenvalue weighted by Gasteiger charge is 2.33. The molecule has 1 unspecified atom stereocenters. The summed E-state index contributed by atoms with van der Waals surface area (Å²) in [6.45, 7) is 3.80. The van der Waals surface area contributed by atoms with Crippen LogP contribution in [0.2, 0.25) is 0 Å². The zero-order chi connectivity index (χ0) is 14.8. The van der Waals surface area contributed by atoms with Gasteiger partial charge in [0.1, 0.15) is 17.7 Å². The first kappa shape index (κ1) is 14.5. The van der Waals surface area contributed by atoms with Gasteiger partial charge < -0.3 is 9.67 Å². The Morgan fingerprint density at radius 2 is 2.05 bits per heavy atom. The van der Waals surface area contributed by atoms with Crippen molar-refractivity contribution < 1.29 is 9.90 Å². The van der Waals surface area contributed by atoms with Crippen LogP contribution in [0.25, 0.3) is 0 Å². The maximum atomic E-state index is 11.6. The van der Waals surface area contributed by atoms with Gasteiger partial charge in [0.2, 0.25) is 0 Å². The minimum Gasteiger partial charge on any atom is -0.480 e. The molecule has 0 saturated heterocycles. The number of nitrogens with zero attached hydrogens (tertiary/aromatic N) is 4. The molecule has 1 N–H and O–H groups in total. The highest BCUT2D eigenvalue weighted by molar-refractivity contribution is 5.73. The van der Waals surface area contributed by atoms with Gasteiger partial charge in [0, 0.05) is 0 Å². The summed E-state index contributed by atoms with van der Waals surface area (Å²) < 4.78 is 1.94. The van der Waals surface area contributed by atoms with Crippen molar-refractivity contribution in [1.82, 2.24) is 19.7 Å². The van der Waals surface area contributed by atoms with Gasteiger partial charge in [-0.1, -0.05) is 32.1 Å². The van der Waals surface area contributed by atoms with Crippen LogP contribution in [0.5, 0.6) is 0 Å². The lowest BCUT2D eigenvalue weighted by Crippen LogP contribution is -2.48. The van der Waals surface area contributed by atoms with Crippen LogP contribution < -0.4 is 0 Å². The molecule has 0 spiro atoms. The van der Waals surface area contributed by atoms with E-state index in [4.69, 9.17) is 0 Å². The molecule has 21 heavy (non-hydrogen) atoms. The Morgan fingerprint density at radius 3 is 2.76 bits per heavy atom. The average Bonchev–Trinajstić information content (AvgIpc) is 2.86. The normalized spacial score (nSPS) is 24.0. The topological polar surface area (TPSA) is 71.2 Å². The van der Waals surface area contributed by atoms with Crippen LogP contribution in [0.3, 0.4) is 0 Å². The van der Waals surface area contributed by atoms with E-state index in [-0.39, 0.29) is 0 Å². The number of carbonyl (C=O) groups is 1. The summed E-state index contributed by atoms with van der Waals surface area (Å²) in [5.41, 5.74) is 0. The molecular weight excluding hydrogens is 268 g/mol. The molecule has 3 rings (SSSR count). The van der Waals surface area contributed by atoms with Crippen molar-refractivity contribution in [2.75, 3.05) is 6.54 Å². The summed E-state index contributed by atoms with van der Waals surface area (Å²) in [5, 5.41) is 17.7. The molecule has 2 aliphatic rings. The molecule has 2 heterocycles. The number of fused-ring (bicyclic) bond motifs is 1. The fraction of sp³-hybridized carbons (Fsp3) is 0.800. The van der Waals surface area contributed by atoms with Gasteiger partial charge in [-0.25, -0.2) is 0 Å². The summed E-state index contributed by atoms with van der Waals surface area (Å²) in [6.07, 6.45) is 7.75.